The minimum atomic E-state index is -0.410. The number of rotatable bonds is 7. The first-order valence-corrected chi connectivity index (χ1v) is 8.32. The molecule has 3 rings (SSSR count). The van der Waals surface area contributed by atoms with E-state index in [1.807, 2.05) is 19.1 Å². The number of ether oxygens (including phenoxy) is 1. The summed E-state index contributed by atoms with van der Waals surface area (Å²) in [6, 6.07) is 6.87. The van der Waals surface area contributed by atoms with Crippen LogP contribution in [-0.4, -0.2) is 44.5 Å². The minimum absolute atomic E-state index is 0.142. The third-order valence-corrected chi connectivity index (χ3v) is 3.80. The van der Waals surface area contributed by atoms with Crippen LogP contribution in [-0.2, 0) is 6.61 Å². The molecule has 0 spiro atoms. The van der Waals surface area contributed by atoms with Gasteiger partial charge in [0.2, 0.25) is 5.88 Å². The molecule has 27 heavy (non-hydrogen) atoms. The Hall–Kier alpha value is -3.33. The summed E-state index contributed by atoms with van der Waals surface area (Å²) in [5.74, 6) is 0.493. The highest BCUT2D eigenvalue weighted by Crippen LogP contribution is 2.25. The van der Waals surface area contributed by atoms with Gasteiger partial charge in [-0.3, -0.25) is 9.78 Å². The van der Waals surface area contributed by atoms with Gasteiger partial charge < -0.3 is 19.7 Å². The number of pyridine rings is 1. The van der Waals surface area contributed by atoms with Crippen LogP contribution >= 0.6 is 0 Å². The van der Waals surface area contributed by atoms with Crippen LogP contribution in [0.1, 0.15) is 27.5 Å². The van der Waals surface area contributed by atoms with Crippen LogP contribution in [0, 0.1) is 13.8 Å². The standard InChI is InChI=1S/C18H19N5O4/c1-11-3-4-13(9-20-11)17-14(12(2)27-23-17)10-26-16-6-5-15(21-22-16)18(25)19-7-8-24/h3-6,9,24H,7-8,10H2,1-2H3,(H,19,25). The number of nitrogens with one attached hydrogen (secondary N) is 1. The fourth-order valence-electron chi connectivity index (χ4n) is 2.32. The Kier molecular flexibility index (Phi) is 5.72. The number of amides is 1. The van der Waals surface area contributed by atoms with E-state index >= 15 is 0 Å². The maximum atomic E-state index is 11.7. The molecule has 3 aromatic rings. The number of aliphatic hydroxyl groups excluding tert-OH is 1. The maximum Gasteiger partial charge on any atom is 0.271 e. The monoisotopic (exact) mass is 369 g/mol. The number of nitrogens with zero attached hydrogens (tertiary/aromatic N) is 4. The van der Waals surface area contributed by atoms with Crippen molar-refractivity contribution in [1.29, 1.82) is 0 Å². The van der Waals surface area contributed by atoms with Gasteiger partial charge in [-0.15, -0.1) is 10.2 Å². The zero-order valence-corrected chi connectivity index (χ0v) is 15.0. The summed E-state index contributed by atoms with van der Waals surface area (Å²) in [5.41, 5.74) is 3.33. The predicted molar refractivity (Wildman–Crippen MR) is 95.0 cm³/mol. The molecule has 0 radical (unpaired) electrons. The average Bonchev–Trinajstić information content (AvgIpc) is 3.06. The van der Waals surface area contributed by atoms with E-state index in [0.717, 1.165) is 16.8 Å². The normalized spacial score (nSPS) is 10.6. The topological polar surface area (TPSA) is 123 Å². The van der Waals surface area contributed by atoms with Crippen molar-refractivity contribution in [2.24, 2.45) is 0 Å². The van der Waals surface area contributed by atoms with Gasteiger partial charge in [0, 0.05) is 30.1 Å². The largest absolute Gasteiger partial charge is 0.472 e. The molecule has 0 saturated carbocycles. The van der Waals surface area contributed by atoms with Crippen LogP contribution in [0.25, 0.3) is 11.3 Å². The van der Waals surface area contributed by atoms with Gasteiger partial charge >= 0.3 is 0 Å². The van der Waals surface area contributed by atoms with Crippen molar-refractivity contribution in [3.05, 3.63) is 53.2 Å². The summed E-state index contributed by atoms with van der Waals surface area (Å²) < 4.78 is 11.0. The zero-order chi connectivity index (χ0) is 19.2. The molecule has 3 aromatic heterocycles. The Morgan fingerprint density at radius 3 is 2.74 bits per heavy atom. The molecular weight excluding hydrogens is 350 g/mol. The lowest BCUT2D eigenvalue weighted by Gasteiger charge is -2.06. The first-order chi connectivity index (χ1) is 13.1. The van der Waals surface area contributed by atoms with Crippen LogP contribution in [0.4, 0.5) is 0 Å². The number of hydrogen-bond acceptors (Lipinski definition) is 8. The molecule has 9 heteroatoms. The highest BCUT2D eigenvalue weighted by Gasteiger charge is 2.16. The summed E-state index contributed by atoms with van der Waals surface area (Å²) in [6.07, 6.45) is 1.73. The van der Waals surface area contributed by atoms with Crippen molar-refractivity contribution in [2.45, 2.75) is 20.5 Å². The van der Waals surface area contributed by atoms with E-state index in [1.165, 1.54) is 6.07 Å². The quantitative estimate of drug-likeness (QED) is 0.641. The van der Waals surface area contributed by atoms with Crippen LogP contribution in [0.5, 0.6) is 5.88 Å². The lowest BCUT2D eigenvalue weighted by Crippen LogP contribution is -2.27. The summed E-state index contributed by atoms with van der Waals surface area (Å²) in [4.78, 5) is 16.0. The average molecular weight is 369 g/mol. The smallest absolute Gasteiger partial charge is 0.271 e. The van der Waals surface area contributed by atoms with E-state index < -0.39 is 5.91 Å². The zero-order valence-electron chi connectivity index (χ0n) is 15.0. The van der Waals surface area contributed by atoms with Crippen molar-refractivity contribution in [3.63, 3.8) is 0 Å². The Morgan fingerprint density at radius 2 is 2.07 bits per heavy atom. The fraction of sp³-hybridized carbons (Fsp3) is 0.278. The molecule has 3 heterocycles. The molecule has 0 aliphatic carbocycles. The molecule has 0 aromatic carbocycles. The lowest BCUT2D eigenvalue weighted by molar-refractivity contribution is 0.0938. The molecule has 140 valence electrons. The van der Waals surface area contributed by atoms with Crippen LogP contribution in [0.3, 0.4) is 0 Å². The van der Waals surface area contributed by atoms with Crippen molar-refractivity contribution < 1.29 is 19.2 Å². The summed E-state index contributed by atoms with van der Waals surface area (Å²) >= 11 is 0. The Balaban J connectivity index is 1.69. The van der Waals surface area contributed by atoms with E-state index in [-0.39, 0.29) is 31.3 Å². The van der Waals surface area contributed by atoms with Gasteiger partial charge in [0.05, 0.1) is 12.2 Å². The molecule has 0 aliphatic heterocycles. The molecule has 2 N–H and O–H groups in total. The van der Waals surface area contributed by atoms with Crippen molar-refractivity contribution in [2.75, 3.05) is 13.2 Å². The number of carbonyl (C=O) groups excluding carboxylic acids is 1. The fourth-order valence-corrected chi connectivity index (χ4v) is 2.32. The van der Waals surface area contributed by atoms with Gasteiger partial charge in [-0.2, -0.15) is 0 Å². The van der Waals surface area contributed by atoms with E-state index in [0.29, 0.717) is 11.5 Å². The number of carbonyl (C=O) groups is 1. The lowest BCUT2D eigenvalue weighted by atomic mass is 10.1. The summed E-state index contributed by atoms with van der Waals surface area (Å²) in [6.45, 7) is 3.91. The summed E-state index contributed by atoms with van der Waals surface area (Å²) in [7, 11) is 0. The maximum absolute atomic E-state index is 11.7. The number of hydrogen-bond donors (Lipinski definition) is 2. The van der Waals surface area contributed by atoms with Crippen LogP contribution in [0.15, 0.2) is 35.0 Å². The molecule has 0 fully saturated rings. The van der Waals surface area contributed by atoms with E-state index in [9.17, 15) is 4.79 Å². The molecule has 0 bridgehead atoms. The second-order valence-corrected chi connectivity index (χ2v) is 5.78. The molecule has 0 atom stereocenters. The highest BCUT2D eigenvalue weighted by atomic mass is 16.5. The number of aromatic nitrogens is 4. The number of aliphatic hydroxyl groups is 1. The molecule has 1 amide bonds. The van der Waals surface area contributed by atoms with Gasteiger partial charge in [-0.05, 0) is 32.0 Å². The van der Waals surface area contributed by atoms with Gasteiger partial charge in [0.15, 0.2) is 5.69 Å². The second-order valence-electron chi connectivity index (χ2n) is 5.78. The third kappa shape index (κ3) is 4.45. The van der Waals surface area contributed by atoms with E-state index in [4.69, 9.17) is 14.4 Å². The van der Waals surface area contributed by atoms with Gasteiger partial charge in [-0.25, -0.2) is 0 Å². The van der Waals surface area contributed by atoms with Gasteiger partial charge in [0.1, 0.15) is 18.1 Å². The molecule has 0 saturated heterocycles. The van der Waals surface area contributed by atoms with Crippen LogP contribution in [0.2, 0.25) is 0 Å². The van der Waals surface area contributed by atoms with Crippen LogP contribution < -0.4 is 10.1 Å². The third-order valence-electron chi connectivity index (χ3n) is 3.80. The van der Waals surface area contributed by atoms with Crippen molar-refractivity contribution in [3.8, 4) is 17.1 Å². The van der Waals surface area contributed by atoms with E-state index in [2.05, 4.69) is 25.7 Å². The van der Waals surface area contributed by atoms with Gasteiger partial charge in [0.25, 0.3) is 5.91 Å². The minimum Gasteiger partial charge on any atom is -0.472 e. The molecule has 0 aliphatic rings. The van der Waals surface area contributed by atoms with E-state index in [1.54, 1.807) is 19.2 Å². The number of aryl methyl sites for hydroxylation is 2. The highest BCUT2D eigenvalue weighted by molar-refractivity contribution is 5.92. The van der Waals surface area contributed by atoms with Gasteiger partial charge in [-0.1, -0.05) is 5.16 Å². The second kappa shape index (κ2) is 8.37. The first kappa shape index (κ1) is 18.5. The Labute approximate surface area is 155 Å². The molecule has 9 nitrogen and oxygen atoms in total. The Bertz CT molecular complexity index is 907. The molecular formula is C18H19N5O4. The Morgan fingerprint density at radius 1 is 1.22 bits per heavy atom. The SMILES string of the molecule is Cc1ccc(-c2noc(C)c2COc2ccc(C(=O)NCCO)nn2)cn1. The van der Waals surface area contributed by atoms with Crippen molar-refractivity contribution >= 4 is 5.91 Å². The summed E-state index contributed by atoms with van der Waals surface area (Å²) in [5, 5.41) is 23.0. The van der Waals surface area contributed by atoms with Crippen molar-refractivity contribution in [1.82, 2.24) is 25.7 Å². The molecule has 0 unspecified atom stereocenters. The first-order valence-electron chi connectivity index (χ1n) is 8.32. The predicted octanol–water partition coefficient (Wildman–Crippen LogP) is 1.44.